The van der Waals surface area contributed by atoms with Gasteiger partial charge < -0.3 is 23.7 Å². The Bertz CT molecular complexity index is 621. The minimum atomic E-state index is -1.65. The highest BCUT2D eigenvalue weighted by Crippen LogP contribution is 2.65. The maximum absolute atomic E-state index is 12.2. The predicted molar refractivity (Wildman–Crippen MR) is 78.3 cm³/mol. The highest BCUT2D eigenvalue weighted by molar-refractivity contribution is 6.09. The molecule has 7 nitrogen and oxygen atoms in total. The van der Waals surface area contributed by atoms with Crippen molar-refractivity contribution in [2.24, 2.45) is 11.3 Å². The summed E-state index contributed by atoms with van der Waals surface area (Å²) >= 11 is 0. The fraction of sp³-hybridized carbons (Fsp3) is 0.438. The summed E-state index contributed by atoms with van der Waals surface area (Å²) in [7, 11) is 5.30. The molecule has 0 radical (unpaired) electrons. The van der Waals surface area contributed by atoms with Crippen LogP contribution in [-0.2, 0) is 23.9 Å². The molecule has 0 spiro atoms. The van der Waals surface area contributed by atoms with Gasteiger partial charge in [0.2, 0.25) is 0 Å². The molecule has 0 aliphatic heterocycles. The van der Waals surface area contributed by atoms with Gasteiger partial charge in [0.15, 0.2) is 16.9 Å². The van der Waals surface area contributed by atoms with Crippen molar-refractivity contribution in [3.8, 4) is 11.5 Å². The number of hydrogen-bond donors (Lipinski definition) is 0. The molecule has 1 saturated carbocycles. The summed E-state index contributed by atoms with van der Waals surface area (Å²) in [5.74, 6) is -2.16. The summed E-state index contributed by atoms with van der Waals surface area (Å²) < 4.78 is 19.8. The van der Waals surface area contributed by atoms with E-state index in [2.05, 4.69) is 0 Å². The normalized spacial score (nSPS) is 21.0. The van der Waals surface area contributed by atoms with Crippen LogP contribution >= 0.6 is 0 Å². The lowest BCUT2D eigenvalue weighted by atomic mass is 9.98. The lowest BCUT2D eigenvalue weighted by Gasteiger charge is -2.14. The molecule has 23 heavy (non-hydrogen) atoms. The summed E-state index contributed by atoms with van der Waals surface area (Å²) in [6.45, 7) is 0. The maximum Gasteiger partial charge on any atom is 0.324 e. The Labute approximate surface area is 133 Å². The van der Waals surface area contributed by atoms with Crippen molar-refractivity contribution in [3.63, 3.8) is 0 Å². The van der Waals surface area contributed by atoms with Crippen molar-refractivity contribution in [2.45, 2.75) is 5.92 Å². The van der Waals surface area contributed by atoms with Gasteiger partial charge in [0.1, 0.15) is 6.29 Å². The molecule has 124 valence electrons. The Balaban J connectivity index is 2.51. The molecule has 1 aromatic rings. The zero-order chi connectivity index (χ0) is 17.2. The molecular formula is C16H18O7. The van der Waals surface area contributed by atoms with Gasteiger partial charge in [-0.05, 0) is 17.7 Å². The van der Waals surface area contributed by atoms with Crippen molar-refractivity contribution in [2.75, 3.05) is 28.4 Å². The van der Waals surface area contributed by atoms with E-state index in [0.717, 1.165) is 0 Å². The third-order valence-electron chi connectivity index (χ3n) is 4.23. The fourth-order valence-electron chi connectivity index (χ4n) is 3.06. The van der Waals surface area contributed by atoms with Gasteiger partial charge in [-0.25, -0.2) is 0 Å². The van der Waals surface area contributed by atoms with Gasteiger partial charge in [-0.1, -0.05) is 6.07 Å². The van der Waals surface area contributed by atoms with Crippen molar-refractivity contribution in [1.82, 2.24) is 0 Å². The Morgan fingerprint density at radius 2 is 1.57 bits per heavy atom. The van der Waals surface area contributed by atoms with Gasteiger partial charge >= 0.3 is 11.9 Å². The van der Waals surface area contributed by atoms with Crippen LogP contribution in [0.25, 0.3) is 0 Å². The molecule has 2 rings (SSSR count). The van der Waals surface area contributed by atoms with Crippen LogP contribution in [0.1, 0.15) is 11.5 Å². The summed E-state index contributed by atoms with van der Waals surface area (Å²) in [5, 5.41) is 0. The van der Waals surface area contributed by atoms with E-state index in [0.29, 0.717) is 23.3 Å². The first-order valence-electron chi connectivity index (χ1n) is 6.86. The Hall–Kier alpha value is -2.57. The molecule has 0 unspecified atom stereocenters. The quantitative estimate of drug-likeness (QED) is 0.437. The average molecular weight is 322 g/mol. The maximum atomic E-state index is 12.2. The van der Waals surface area contributed by atoms with E-state index >= 15 is 0 Å². The van der Waals surface area contributed by atoms with Crippen LogP contribution in [0.5, 0.6) is 11.5 Å². The van der Waals surface area contributed by atoms with Crippen molar-refractivity contribution in [1.29, 1.82) is 0 Å². The van der Waals surface area contributed by atoms with Crippen LogP contribution < -0.4 is 9.47 Å². The molecule has 0 amide bonds. The second-order valence-electron chi connectivity index (χ2n) is 5.11. The van der Waals surface area contributed by atoms with E-state index in [9.17, 15) is 14.4 Å². The van der Waals surface area contributed by atoms with Crippen LogP contribution in [0.4, 0.5) is 0 Å². The lowest BCUT2D eigenvalue weighted by Crippen LogP contribution is -2.32. The van der Waals surface area contributed by atoms with Gasteiger partial charge in [-0.3, -0.25) is 9.59 Å². The number of esters is 2. The number of carbonyl (C=O) groups is 3. The molecule has 0 heterocycles. The number of rotatable bonds is 6. The molecule has 1 aliphatic rings. The van der Waals surface area contributed by atoms with Gasteiger partial charge in [0.25, 0.3) is 0 Å². The molecule has 1 aliphatic carbocycles. The smallest absolute Gasteiger partial charge is 0.324 e. The minimum absolute atomic E-state index is 0.435. The van der Waals surface area contributed by atoms with E-state index in [1.807, 2.05) is 0 Å². The molecule has 0 N–H and O–H groups in total. The SMILES string of the molecule is COC(=O)C1(C(=O)OC)[C@H](C=O)[C@H]1c1ccc(OC)c(OC)c1. The van der Waals surface area contributed by atoms with Crippen LogP contribution in [0, 0.1) is 11.3 Å². The van der Waals surface area contributed by atoms with E-state index in [-0.39, 0.29) is 0 Å². The molecule has 1 fully saturated rings. The molecule has 0 aromatic heterocycles. The number of aldehydes is 1. The zero-order valence-corrected chi connectivity index (χ0v) is 13.3. The summed E-state index contributed by atoms with van der Waals surface area (Å²) in [5.41, 5.74) is -1.05. The number of carbonyl (C=O) groups excluding carboxylic acids is 3. The summed E-state index contributed by atoms with van der Waals surface area (Å²) in [6.07, 6.45) is 0.579. The number of ether oxygens (including phenoxy) is 4. The molecule has 7 heteroatoms. The van der Waals surface area contributed by atoms with E-state index in [1.165, 1.54) is 28.4 Å². The Morgan fingerprint density at radius 3 is 2.00 bits per heavy atom. The molecule has 0 saturated heterocycles. The number of hydrogen-bond acceptors (Lipinski definition) is 7. The van der Waals surface area contributed by atoms with Crippen LogP contribution in [0.3, 0.4) is 0 Å². The standard InChI is InChI=1S/C16H18O7/c1-20-11-6-5-9(7-12(11)21-2)13-10(8-17)16(13,14(18)22-3)15(19)23-4/h5-8,10,13H,1-4H3/t10-,13-/m1/s1. The predicted octanol–water partition coefficient (Wildman–Crippen LogP) is 0.948. The first kappa shape index (κ1) is 16.8. The van der Waals surface area contributed by atoms with Crippen molar-refractivity contribution >= 4 is 18.2 Å². The van der Waals surface area contributed by atoms with Crippen LogP contribution in [0.15, 0.2) is 18.2 Å². The topological polar surface area (TPSA) is 88.1 Å². The monoisotopic (exact) mass is 322 g/mol. The largest absolute Gasteiger partial charge is 0.493 e. The highest BCUT2D eigenvalue weighted by atomic mass is 16.5. The Kier molecular flexibility index (Phi) is 4.58. The summed E-state index contributed by atoms with van der Waals surface area (Å²) in [4.78, 5) is 35.8. The highest BCUT2D eigenvalue weighted by Gasteiger charge is 2.77. The molecule has 2 atom stereocenters. The molecule has 1 aromatic carbocycles. The molecular weight excluding hydrogens is 304 g/mol. The minimum Gasteiger partial charge on any atom is -0.493 e. The molecule has 0 bridgehead atoms. The third-order valence-corrected chi connectivity index (χ3v) is 4.23. The zero-order valence-electron chi connectivity index (χ0n) is 13.3. The van der Waals surface area contributed by atoms with Crippen LogP contribution in [-0.4, -0.2) is 46.7 Å². The van der Waals surface area contributed by atoms with Crippen molar-refractivity contribution in [3.05, 3.63) is 23.8 Å². The van der Waals surface area contributed by atoms with Gasteiger partial charge in [-0.15, -0.1) is 0 Å². The van der Waals surface area contributed by atoms with Gasteiger partial charge in [0.05, 0.1) is 34.4 Å². The lowest BCUT2D eigenvalue weighted by molar-refractivity contribution is -0.162. The van der Waals surface area contributed by atoms with Gasteiger partial charge in [-0.2, -0.15) is 0 Å². The first-order chi connectivity index (χ1) is 11.0. The van der Waals surface area contributed by atoms with Crippen LogP contribution in [0.2, 0.25) is 0 Å². The van der Waals surface area contributed by atoms with Gasteiger partial charge in [0, 0.05) is 5.92 Å². The Morgan fingerprint density at radius 1 is 1.00 bits per heavy atom. The first-order valence-corrected chi connectivity index (χ1v) is 6.86. The fourth-order valence-corrected chi connectivity index (χ4v) is 3.06. The number of benzene rings is 1. The second kappa shape index (κ2) is 6.28. The second-order valence-corrected chi connectivity index (χ2v) is 5.11. The van der Waals surface area contributed by atoms with E-state index in [4.69, 9.17) is 18.9 Å². The summed E-state index contributed by atoms with van der Waals surface area (Å²) in [6, 6.07) is 4.96. The van der Waals surface area contributed by atoms with Crippen molar-refractivity contribution < 1.29 is 33.3 Å². The van der Waals surface area contributed by atoms with E-state index in [1.54, 1.807) is 18.2 Å². The van der Waals surface area contributed by atoms with E-state index < -0.39 is 29.2 Å². The number of methoxy groups -OCH3 is 4. The average Bonchev–Trinajstić information content (AvgIpc) is 3.29. The third kappa shape index (κ3) is 2.32.